The lowest BCUT2D eigenvalue weighted by Crippen LogP contribution is -2.31. The van der Waals surface area contributed by atoms with Gasteiger partial charge in [0.1, 0.15) is 11.3 Å². The highest BCUT2D eigenvalue weighted by Crippen LogP contribution is 2.20. The van der Waals surface area contributed by atoms with Crippen LogP contribution >= 0.6 is 0 Å². The number of nitrogens with zero attached hydrogens (tertiary/aromatic N) is 1. The molecule has 2 N–H and O–H groups in total. The molecule has 1 fully saturated rings. The molecule has 0 atom stereocenters. The Labute approximate surface area is 140 Å². The number of carbonyl (C=O) groups excluding carboxylic acids is 1. The Morgan fingerprint density at radius 2 is 2.12 bits per heavy atom. The van der Waals surface area contributed by atoms with Gasteiger partial charge in [0.2, 0.25) is 15.9 Å². The lowest BCUT2D eigenvalue weighted by molar-refractivity contribution is -0.121. The zero-order valence-corrected chi connectivity index (χ0v) is 14.1. The summed E-state index contributed by atoms with van der Waals surface area (Å²) in [6.45, 7) is 0.781. The van der Waals surface area contributed by atoms with E-state index < -0.39 is 16.0 Å². The Bertz CT molecular complexity index is 731. The van der Waals surface area contributed by atoms with Crippen LogP contribution in [0.1, 0.15) is 28.8 Å². The molecule has 0 radical (unpaired) electrons. The molecule has 0 aromatic heterocycles. The van der Waals surface area contributed by atoms with Gasteiger partial charge in [-0.1, -0.05) is 6.07 Å². The minimum absolute atomic E-state index is 0.0207. The summed E-state index contributed by atoms with van der Waals surface area (Å²) in [7, 11) is -1.81. The molecule has 1 amide bonds. The molecular formula is C15H20N2O6S. The van der Waals surface area contributed by atoms with Gasteiger partial charge in [-0.15, -0.1) is 0 Å². The van der Waals surface area contributed by atoms with Gasteiger partial charge in [-0.25, -0.2) is 17.5 Å². The second-order valence-corrected chi connectivity index (χ2v) is 7.52. The minimum atomic E-state index is -3.20. The zero-order valence-electron chi connectivity index (χ0n) is 13.3. The van der Waals surface area contributed by atoms with Gasteiger partial charge in [-0.3, -0.25) is 4.79 Å². The van der Waals surface area contributed by atoms with Crippen molar-refractivity contribution < 1.29 is 27.9 Å². The molecule has 132 valence electrons. The van der Waals surface area contributed by atoms with Crippen molar-refractivity contribution in [2.75, 3.05) is 26.0 Å². The predicted octanol–water partition coefficient (Wildman–Crippen LogP) is 0.435. The Hall–Kier alpha value is -2.13. The SMILES string of the molecule is COc1ccc(CNC(=O)CCN2CCCS2(=O)=O)cc1C(=O)O. The van der Waals surface area contributed by atoms with Crippen LogP contribution in [-0.4, -0.2) is 55.7 Å². The Morgan fingerprint density at radius 1 is 1.38 bits per heavy atom. The molecule has 8 nitrogen and oxygen atoms in total. The number of sulfonamides is 1. The molecule has 1 aliphatic rings. The molecule has 24 heavy (non-hydrogen) atoms. The summed E-state index contributed by atoms with van der Waals surface area (Å²) in [5, 5.41) is 11.8. The Kier molecular flexibility index (Phi) is 5.79. The van der Waals surface area contributed by atoms with Gasteiger partial charge in [0.15, 0.2) is 0 Å². The fraction of sp³-hybridized carbons (Fsp3) is 0.467. The van der Waals surface area contributed by atoms with E-state index in [2.05, 4.69) is 5.32 Å². The molecular weight excluding hydrogens is 336 g/mol. The summed E-state index contributed by atoms with van der Waals surface area (Å²) in [6, 6.07) is 4.63. The van der Waals surface area contributed by atoms with Crippen molar-refractivity contribution in [2.24, 2.45) is 0 Å². The average Bonchev–Trinajstić information content (AvgIpc) is 2.89. The van der Waals surface area contributed by atoms with Crippen molar-refractivity contribution in [3.05, 3.63) is 29.3 Å². The minimum Gasteiger partial charge on any atom is -0.496 e. The van der Waals surface area contributed by atoms with Crippen molar-refractivity contribution in [3.63, 3.8) is 0 Å². The number of hydrogen-bond donors (Lipinski definition) is 2. The molecule has 1 aromatic carbocycles. The predicted molar refractivity (Wildman–Crippen MR) is 86.4 cm³/mol. The van der Waals surface area contributed by atoms with Crippen molar-refractivity contribution in [1.29, 1.82) is 0 Å². The first-order valence-corrected chi connectivity index (χ1v) is 9.09. The Balaban J connectivity index is 1.88. The van der Waals surface area contributed by atoms with E-state index in [1.807, 2.05) is 0 Å². The van der Waals surface area contributed by atoms with Gasteiger partial charge in [-0.2, -0.15) is 0 Å². The molecule has 9 heteroatoms. The molecule has 1 saturated heterocycles. The second-order valence-electron chi connectivity index (χ2n) is 5.44. The third-order valence-electron chi connectivity index (χ3n) is 3.78. The first-order chi connectivity index (χ1) is 11.3. The van der Waals surface area contributed by atoms with Gasteiger partial charge in [0, 0.05) is 26.1 Å². The number of aromatic carboxylic acids is 1. The summed E-state index contributed by atoms with van der Waals surface area (Å²) in [4.78, 5) is 23.0. The number of carboxylic acids is 1. The number of methoxy groups -OCH3 is 1. The largest absolute Gasteiger partial charge is 0.496 e. The van der Waals surface area contributed by atoms with Crippen LogP contribution in [0.25, 0.3) is 0 Å². The summed E-state index contributed by atoms with van der Waals surface area (Å²) in [5.41, 5.74) is 0.641. The van der Waals surface area contributed by atoms with E-state index in [1.165, 1.54) is 23.5 Å². The van der Waals surface area contributed by atoms with Crippen LogP contribution in [0.4, 0.5) is 0 Å². The molecule has 0 aliphatic carbocycles. The smallest absolute Gasteiger partial charge is 0.339 e. The van der Waals surface area contributed by atoms with Crippen molar-refractivity contribution in [2.45, 2.75) is 19.4 Å². The third kappa shape index (κ3) is 4.45. The fourth-order valence-corrected chi connectivity index (χ4v) is 4.02. The molecule has 0 saturated carbocycles. The third-order valence-corrected chi connectivity index (χ3v) is 5.73. The van der Waals surface area contributed by atoms with E-state index in [-0.39, 0.29) is 42.5 Å². The van der Waals surface area contributed by atoms with Crippen molar-refractivity contribution in [3.8, 4) is 5.75 Å². The maximum Gasteiger partial charge on any atom is 0.339 e. The number of nitrogens with one attached hydrogen (secondary N) is 1. The number of rotatable bonds is 7. The van der Waals surface area contributed by atoms with Gasteiger partial charge >= 0.3 is 5.97 Å². The highest BCUT2D eigenvalue weighted by Gasteiger charge is 2.28. The van der Waals surface area contributed by atoms with Crippen molar-refractivity contribution >= 4 is 21.9 Å². The van der Waals surface area contributed by atoms with Gasteiger partial charge < -0.3 is 15.2 Å². The Morgan fingerprint density at radius 3 is 2.71 bits per heavy atom. The maximum atomic E-state index is 11.9. The van der Waals surface area contributed by atoms with Crippen LogP contribution in [-0.2, 0) is 21.4 Å². The highest BCUT2D eigenvalue weighted by atomic mass is 32.2. The van der Waals surface area contributed by atoms with Gasteiger partial charge in [-0.05, 0) is 24.1 Å². The van der Waals surface area contributed by atoms with Crippen LogP contribution in [0.2, 0.25) is 0 Å². The molecule has 0 spiro atoms. The first kappa shape index (κ1) is 18.2. The number of amides is 1. The van der Waals surface area contributed by atoms with Gasteiger partial charge in [0.25, 0.3) is 0 Å². The van der Waals surface area contributed by atoms with E-state index in [9.17, 15) is 18.0 Å². The van der Waals surface area contributed by atoms with Gasteiger partial charge in [0.05, 0.1) is 12.9 Å². The maximum absolute atomic E-state index is 11.9. The summed E-state index contributed by atoms with van der Waals surface area (Å²) < 4.78 is 29.6. The molecule has 1 aliphatic heterocycles. The van der Waals surface area contributed by atoms with Crippen LogP contribution in [0.15, 0.2) is 18.2 Å². The molecule has 1 aromatic rings. The van der Waals surface area contributed by atoms with Crippen LogP contribution < -0.4 is 10.1 Å². The number of carboxylic acid groups (broad SMARTS) is 1. The summed E-state index contributed by atoms with van der Waals surface area (Å²) in [5.74, 6) is -1.01. The average molecular weight is 356 g/mol. The molecule has 0 bridgehead atoms. The fourth-order valence-electron chi connectivity index (χ4n) is 2.49. The van der Waals surface area contributed by atoms with E-state index in [0.717, 1.165) is 0 Å². The van der Waals surface area contributed by atoms with E-state index in [4.69, 9.17) is 9.84 Å². The molecule has 0 unspecified atom stereocenters. The lowest BCUT2D eigenvalue weighted by atomic mass is 10.1. The quantitative estimate of drug-likeness (QED) is 0.733. The standard InChI is InChI=1S/C15H20N2O6S/c1-23-13-4-3-11(9-12(13)15(19)20)10-16-14(18)5-7-17-6-2-8-24(17,21)22/h3-4,9H,2,5-8,10H2,1H3,(H,16,18)(H,19,20). The number of hydrogen-bond acceptors (Lipinski definition) is 5. The van der Waals surface area contributed by atoms with Crippen LogP contribution in [0.5, 0.6) is 5.75 Å². The zero-order chi connectivity index (χ0) is 17.7. The number of ether oxygens (including phenoxy) is 1. The van der Waals surface area contributed by atoms with E-state index >= 15 is 0 Å². The topological polar surface area (TPSA) is 113 Å². The summed E-state index contributed by atoms with van der Waals surface area (Å²) in [6.07, 6.45) is 0.662. The van der Waals surface area contributed by atoms with Crippen molar-refractivity contribution in [1.82, 2.24) is 9.62 Å². The monoisotopic (exact) mass is 356 g/mol. The summed E-state index contributed by atoms with van der Waals surface area (Å²) >= 11 is 0. The van der Waals surface area contributed by atoms with E-state index in [1.54, 1.807) is 6.07 Å². The van der Waals surface area contributed by atoms with Crippen LogP contribution in [0.3, 0.4) is 0 Å². The molecule has 2 rings (SSSR count). The highest BCUT2D eigenvalue weighted by molar-refractivity contribution is 7.89. The first-order valence-electron chi connectivity index (χ1n) is 7.48. The normalized spacial score (nSPS) is 16.7. The second kappa shape index (κ2) is 7.63. The number of benzene rings is 1. The van der Waals surface area contributed by atoms with Crippen LogP contribution in [0, 0.1) is 0 Å². The van der Waals surface area contributed by atoms with E-state index in [0.29, 0.717) is 18.5 Å². The lowest BCUT2D eigenvalue weighted by Gasteiger charge is -2.14. The molecule has 1 heterocycles. The number of carbonyl (C=O) groups is 2.